The predicted molar refractivity (Wildman–Crippen MR) is 283 cm³/mol. The van der Waals surface area contributed by atoms with Crippen LogP contribution in [0, 0.1) is 17.8 Å². The number of aliphatic hydroxyl groups is 3. The first-order chi connectivity index (χ1) is 36.0. The van der Waals surface area contributed by atoms with E-state index >= 15 is 0 Å². The number of thiazole rings is 1. The number of carbonyl (C=O) groups is 6. The normalized spacial score (nSPS) is 24.0. The summed E-state index contributed by atoms with van der Waals surface area (Å²) in [6.45, 7) is 12.7. The number of aromatic nitrogens is 1. The highest BCUT2D eigenvalue weighted by atomic mass is 32.1. The molecule has 2 aliphatic rings. The largest absolute Gasteiger partial charge is 0.481 e. The molecule has 2 aromatic carbocycles. The molecule has 5 rings (SSSR count). The Balaban J connectivity index is 1.33. The van der Waals surface area contributed by atoms with Gasteiger partial charge in [-0.2, -0.15) is 0 Å². The average Bonchev–Trinajstić information content (AvgIpc) is 3.88. The third-order valence-corrected chi connectivity index (χ3v) is 15.6. The van der Waals surface area contributed by atoms with Crippen molar-refractivity contribution in [2.45, 2.75) is 160 Å². The van der Waals surface area contributed by atoms with Gasteiger partial charge in [-0.1, -0.05) is 71.4 Å². The van der Waals surface area contributed by atoms with Gasteiger partial charge < -0.3 is 70.8 Å². The molecule has 13 atom stereocenters. The number of piperidine rings is 1. The van der Waals surface area contributed by atoms with Gasteiger partial charge in [0.15, 0.2) is 12.1 Å². The molecule has 2 aliphatic heterocycles. The Hall–Kier alpha value is -5.59. The Labute approximate surface area is 449 Å². The van der Waals surface area contributed by atoms with E-state index in [0.717, 1.165) is 18.4 Å². The number of likely N-dealkylation sites (tertiary alicyclic amines) is 1. The summed E-state index contributed by atoms with van der Waals surface area (Å²) >= 11 is 1.27. The van der Waals surface area contributed by atoms with Gasteiger partial charge in [0.1, 0.15) is 53.5 Å². The summed E-state index contributed by atoms with van der Waals surface area (Å²) in [6, 6.07) is 12.1. The van der Waals surface area contributed by atoms with Crippen molar-refractivity contribution in [2.75, 3.05) is 39.1 Å². The number of ether oxygens (including phenoxy) is 3. The third-order valence-electron chi connectivity index (χ3n) is 14.7. The molecular formula is C54H80N7O14S+. The van der Waals surface area contributed by atoms with Gasteiger partial charge in [0.2, 0.25) is 18.1 Å². The van der Waals surface area contributed by atoms with Crippen molar-refractivity contribution in [1.29, 1.82) is 0 Å². The van der Waals surface area contributed by atoms with Crippen molar-refractivity contribution in [3.63, 3.8) is 0 Å². The van der Waals surface area contributed by atoms with Gasteiger partial charge in [0.05, 0.1) is 25.2 Å². The van der Waals surface area contributed by atoms with Gasteiger partial charge in [-0.05, 0) is 68.2 Å². The highest BCUT2D eigenvalue weighted by molar-refractivity contribution is 7.09. The number of aliphatic hydroxyl groups excluding tert-OH is 3. The number of anilines is 1. The molecule has 420 valence electrons. The van der Waals surface area contributed by atoms with Crippen LogP contribution in [0.4, 0.5) is 5.69 Å². The van der Waals surface area contributed by atoms with Crippen LogP contribution in [0.25, 0.3) is 0 Å². The topological polar surface area (TPSA) is 310 Å². The second-order valence-electron chi connectivity index (χ2n) is 20.9. The summed E-state index contributed by atoms with van der Waals surface area (Å²) in [5.74, 6) is -5.02. The lowest BCUT2D eigenvalue weighted by Gasteiger charge is -2.44. The SMILES string of the molecule is CCO[C@H](C[C@H](C(C)C)N(C)C(=O)[C@@H](NC(=O)[C@H]1CCCC[N+]1(C)Cc1ccc(O[C@@H]2O[C@H](C(=O)O)[C@@H](O)[C@@H](O)[C@@H]2O)c(NC(=O)CCN)c1)[C@@H](C)CC)c1nc(C(=O)N[C@@H](Cc2ccccc2)C[C@H](C)C(=O)O)cs1. The van der Waals surface area contributed by atoms with Crippen LogP contribution in [0.1, 0.15) is 119 Å². The predicted octanol–water partition coefficient (Wildman–Crippen LogP) is 3.83. The number of rotatable bonds is 27. The maximum Gasteiger partial charge on any atom is 0.335 e. The highest BCUT2D eigenvalue weighted by Crippen LogP contribution is 2.35. The van der Waals surface area contributed by atoms with Crippen LogP contribution in [-0.4, -0.2) is 164 Å². The molecule has 0 radical (unpaired) electrons. The van der Waals surface area contributed by atoms with E-state index in [1.165, 1.54) is 17.4 Å². The summed E-state index contributed by atoms with van der Waals surface area (Å²) in [6.07, 6.45) is -6.27. The van der Waals surface area contributed by atoms with E-state index in [1.807, 2.05) is 72.0 Å². The highest BCUT2D eigenvalue weighted by Gasteiger charge is 2.49. The second kappa shape index (κ2) is 28.2. The zero-order chi connectivity index (χ0) is 56.0. The van der Waals surface area contributed by atoms with Gasteiger partial charge in [-0.25, -0.2) is 9.78 Å². The molecule has 10 N–H and O–H groups in total. The lowest BCUT2D eigenvalue weighted by Crippen LogP contribution is -2.63. The Morgan fingerprint density at radius 1 is 0.934 bits per heavy atom. The molecule has 2 fully saturated rings. The average molecular weight is 1080 g/mol. The van der Waals surface area contributed by atoms with E-state index in [4.69, 9.17) is 24.9 Å². The quantitative estimate of drug-likeness (QED) is 0.0490. The number of nitrogens with two attached hydrogens (primary N) is 1. The summed E-state index contributed by atoms with van der Waals surface area (Å²) in [4.78, 5) is 86.2. The van der Waals surface area contributed by atoms with Crippen LogP contribution in [0.2, 0.25) is 0 Å². The van der Waals surface area contributed by atoms with Crippen LogP contribution in [0.3, 0.4) is 0 Å². The first kappa shape index (κ1) is 61.3. The number of aliphatic carboxylic acids is 2. The first-order valence-electron chi connectivity index (χ1n) is 26.3. The second-order valence-corrected chi connectivity index (χ2v) is 21.8. The number of carboxylic acids is 2. The van der Waals surface area contributed by atoms with E-state index in [9.17, 15) is 54.3 Å². The lowest BCUT2D eigenvalue weighted by atomic mass is 9.92. The number of hydrogen-bond donors (Lipinski definition) is 9. The fourth-order valence-electron chi connectivity index (χ4n) is 10.1. The molecule has 76 heavy (non-hydrogen) atoms. The van der Waals surface area contributed by atoms with Gasteiger partial charge in [-0.15, -0.1) is 11.3 Å². The number of nitrogens with one attached hydrogen (secondary N) is 3. The summed E-state index contributed by atoms with van der Waals surface area (Å²) in [5.41, 5.74) is 7.61. The van der Waals surface area contributed by atoms with Crippen molar-refractivity contribution in [1.82, 2.24) is 20.5 Å². The maximum atomic E-state index is 14.9. The zero-order valence-electron chi connectivity index (χ0n) is 44.9. The number of benzene rings is 2. The van der Waals surface area contributed by atoms with E-state index in [1.54, 1.807) is 36.4 Å². The summed E-state index contributed by atoms with van der Waals surface area (Å²) in [7, 11) is 3.70. The van der Waals surface area contributed by atoms with Crippen molar-refractivity contribution >= 4 is 52.6 Å². The number of amides is 4. The van der Waals surface area contributed by atoms with E-state index < -0.39 is 84.6 Å². The van der Waals surface area contributed by atoms with Gasteiger partial charge in [-0.3, -0.25) is 24.0 Å². The number of carbonyl (C=O) groups excluding carboxylic acids is 4. The Bertz CT molecular complexity index is 2430. The Kier molecular flexibility index (Phi) is 22.7. The van der Waals surface area contributed by atoms with E-state index in [2.05, 4.69) is 16.0 Å². The minimum atomic E-state index is -1.93. The zero-order valence-corrected chi connectivity index (χ0v) is 45.7. The van der Waals surface area contributed by atoms with Crippen molar-refractivity contribution < 1.29 is 73.0 Å². The molecule has 2 saturated heterocycles. The van der Waals surface area contributed by atoms with Crippen molar-refractivity contribution in [3.8, 4) is 5.75 Å². The Morgan fingerprint density at radius 2 is 1.64 bits per heavy atom. The van der Waals surface area contributed by atoms with Gasteiger partial charge in [0, 0.05) is 62.5 Å². The summed E-state index contributed by atoms with van der Waals surface area (Å²) < 4.78 is 17.7. The number of hydrogen-bond acceptors (Lipinski definition) is 15. The first-order valence-corrected chi connectivity index (χ1v) is 27.2. The molecule has 22 heteroatoms. The van der Waals surface area contributed by atoms with Gasteiger partial charge >= 0.3 is 11.9 Å². The molecule has 1 unspecified atom stereocenters. The molecule has 0 spiro atoms. The maximum absolute atomic E-state index is 14.9. The van der Waals surface area contributed by atoms with Crippen molar-refractivity contribution in [2.24, 2.45) is 23.5 Å². The van der Waals surface area contributed by atoms with Crippen LogP contribution in [0.15, 0.2) is 53.9 Å². The molecule has 0 bridgehead atoms. The molecule has 3 heterocycles. The lowest BCUT2D eigenvalue weighted by molar-refractivity contribution is -0.942. The smallest absolute Gasteiger partial charge is 0.335 e. The van der Waals surface area contributed by atoms with Crippen LogP contribution in [-0.2, 0) is 46.4 Å². The van der Waals surface area contributed by atoms with Gasteiger partial charge in [0.25, 0.3) is 11.8 Å². The summed E-state index contributed by atoms with van der Waals surface area (Å²) in [5, 5.41) is 61.7. The fourth-order valence-corrected chi connectivity index (χ4v) is 10.9. The van der Waals surface area contributed by atoms with Crippen molar-refractivity contribution in [3.05, 3.63) is 75.7 Å². The molecule has 0 saturated carbocycles. The minimum absolute atomic E-state index is 0.0270. The Morgan fingerprint density at radius 3 is 2.28 bits per heavy atom. The number of likely N-dealkylation sites (N-methyl/N-ethyl adjacent to an activating group) is 2. The standard InChI is InChI=1S/C54H79N7O14S/c1-9-31(5)43(51(68)60(7)38(30(3)4)27-41(73-10-2)50-58-37(29-76-50)48(66)56-35(24-32(6)52(69)70)25-33-16-12-11-13-17-33)59-49(67)39-18-14-15-23-61(39,8)28-34-19-20-40(36(26-34)57-42(62)21-22-55)74-54-46(65)44(63)45(64)47(75-54)53(71)72/h11-13,16-17,19-20,26,29-32,35,38-39,41,43-47,54,63-65H,9-10,14-15,18,21-25,27-28,55H2,1-8H3,(H4-,56,57,59,62,66,67,69,70,71,72)/p+1/t31-,32-,35+,38+,39+,41+,43-,44+,45-,46-,47-,54+,61?/m0/s1. The number of carboxylic acid groups (broad SMARTS) is 2. The van der Waals surface area contributed by atoms with Crippen LogP contribution < -0.4 is 26.4 Å². The van der Waals surface area contributed by atoms with E-state index in [0.29, 0.717) is 56.0 Å². The fraction of sp³-hybridized carbons (Fsp3) is 0.611. The van der Waals surface area contributed by atoms with Crippen LogP contribution in [0.5, 0.6) is 5.75 Å². The minimum Gasteiger partial charge on any atom is -0.481 e. The molecule has 3 aromatic rings. The molecular weight excluding hydrogens is 1000 g/mol. The number of quaternary nitrogens is 1. The molecule has 1 aromatic heterocycles. The number of nitrogens with zero attached hydrogens (tertiary/aromatic N) is 3. The molecule has 0 aliphatic carbocycles. The molecule has 21 nitrogen and oxygen atoms in total. The third kappa shape index (κ3) is 16.0. The van der Waals surface area contributed by atoms with E-state index in [-0.39, 0.29) is 70.7 Å². The van der Waals surface area contributed by atoms with Crippen LogP contribution >= 0.6 is 11.3 Å². The monoisotopic (exact) mass is 1080 g/mol. The molecule has 4 amide bonds.